The number of benzene rings is 1. The van der Waals surface area contributed by atoms with Crippen LogP contribution in [0.4, 0.5) is 0 Å². The summed E-state index contributed by atoms with van der Waals surface area (Å²) in [6, 6.07) is 4.45. The van der Waals surface area contributed by atoms with E-state index in [1.807, 2.05) is 0 Å². The van der Waals surface area contributed by atoms with Crippen LogP contribution < -0.4 is 0 Å². The van der Waals surface area contributed by atoms with E-state index in [0.29, 0.717) is 0 Å². The normalized spacial score (nSPS) is 8.46. The molecule has 0 aromatic heterocycles. The molecular formula is C10H14Br2Zn. The summed E-state index contributed by atoms with van der Waals surface area (Å²) in [5.74, 6) is 0. The van der Waals surface area contributed by atoms with E-state index in [-0.39, 0.29) is 13.2 Å². The summed E-state index contributed by atoms with van der Waals surface area (Å²) in [5, 5.41) is 0. The van der Waals surface area contributed by atoms with Crippen LogP contribution in [0.25, 0.3) is 0 Å². The van der Waals surface area contributed by atoms with Gasteiger partial charge in [-0.1, -0.05) is 17.7 Å². The van der Waals surface area contributed by atoms with E-state index < -0.39 is 0 Å². The molecule has 0 aliphatic heterocycles. The Hall–Kier alpha value is 0.803. The topological polar surface area (TPSA) is 0 Å². The van der Waals surface area contributed by atoms with Crippen molar-refractivity contribution < 1.29 is 13.2 Å². The van der Waals surface area contributed by atoms with Gasteiger partial charge >= 0.3 is 40.5 Å². The Labute approximate surface area is 102 Å². The molecule has 3 heteroatoms. The standard InChI is InChI=1S/C10H14.2BrH.Zn/c1-7-5-8(2)10(4)9(3)6-7;;;/h5-6H,1-4H3;2*1H;/q;;;+2/p-2. The van der Waals surface area contributed by atoms with Gasteiger partial charge in [-0.05, 0) is 44.4 Å². The van der Waals surface area contributed by atoms with Gasteiger partial charge in [0.15, 0.2) is 0 Å². The van der Waals surface area contributed by atoms with Gasteiger partial charge in [0.2, 0.25) is 0 Å². The van der Waals surface area contributed by atoms with Gasteiger partial charge in [0.05, 0.1) is 0 Å². The van der Waals surface area contributed by atoms with Crippen molar-refractivity contribution in [3.8, 4) is 0 Å². The van der Waals surface area contributed by atoms with Crippen molar-refractivity contribution in [3.05, 3.63) is 34.4 Å². The van der Waals surface area contributed by atoms with Gasteiger partial charge in [0, 0.05) is 0 Å². The molecular weight excluding hydrogens is 345 g/mol. The predicted octanol–water partition coefficient (Wildman–Crippen LogP) is 4.61. The van der Waals surface area contributed by atoms with Crippen molar-refractivity contribution in [1.29, 1.82) is 0 Å². The second-order valence-corrected chi connectivity index (χ2v) is 17.2. The number of hydrogen-bond acceptors (Lipinski definition) is 0. The molecule has 0 heterocycles. The average Bonchev–Trinajstić information content (AvgIpc) is 2.01. The number of aryl methyl sites for hydroxylation is 3. The van der Waals surface area contributed by atoms with E-state index in [1.54, 1.807) is 0 Å². The molecule has 1 rings (SSSR count). The fourth-order valence-electron chi connectivity index (χ4n) is 1.25. The molecule has 0 unspecified atom stereocenters. The molecule has 1 aromatic carbocycles. The molecule has 0 radical (unpaired) electrons. The molecule has 0 N–H and O–H groups in total. The zero-order valence-corrected chi connectivity index (χ0v) is 14.8. The van der Waals surface area contributed by atoms with Crippen LogP contribution in [0, 0.1) is 27.7 Å². The average molecular weight is 359 g/mol. The summed E-state index contributed by atoms with van der Waals surface area (Å²) < 4.78 is 0. The van der Waals surface area contributed by atoms with E-state index >= 15 is 0 Å². The molecule has 0 atom stereocenters. The van der Waals surface area contributed by atoms with Crippen LogP contribution in [0.15, 0.2) is 12.1 Å². The Morgan fingerprint density at radius 3 is 1.54 bits per heavy atom. The van der Waals surface area contributed by atoms with Gasteiger partial charge < -0.3 is 0 Å². The van der Waals surface area contributed by atoms with E-state index in [9.17, 15) is 0 Å². The third kappa shape index (κ3) is 5.29. The molecule has 0 aliphatic rings. The summed E-state index contributed by atoms with van der Waals surface area (Å²) in [6.45, 7) is 8.63. The van der Waals surface area contributed by atoms with Crippen LogP contribution in [-0.2, 0) is 13.2 Å². The van der Waals surface area contributed by atoms with Crippen LogP contribution in [0.5, 0.6) is 0 Å². The van der Waals surface area contributed by atoms with Crippen molar-refractivity contribution in [1.82, 2.24) is 0 Å². The molecule has 13 heavy (non-hydrogen) atoms. The molecule has 0 fully saturated rings. The first-order chi connectivity index (χ1) is 6.02. The number of rotatable bonds is 0. The number of halogens is 2. The molecule has 0 saturated carbocycles. The van der Waals surface area contributed by atoms with Gasteiger partial charge in [-0.15, -0.1) is 0 Å². The van der Waals surface area contributed by atoms with Crippen molar-refractivity contribution in [2.75, 3.05) is 0 Å². The molecule has 0 nitrogen and oxygen atoms in total. The maximum absolute atomic E-state index is 3.25. The summed E-state index contributed by atoms with van der Waals surface area (Å²) in [6.07, 6.45) is 0. The minimum absolute atomic E-state index is 0.250. The van der Waals surface area contributed by atoms with Crippen LogP contribution in [0.1, 0.15) is 22.3 Å². The summed E-state index contributed by atoms with van der Waals surface area (Å²) in [7, 11) is 0. The fraction of sp³-hybridized carbons (Fsp3) is 0.400. The Morgan fingerprint density at radius 2 is 1.23 bits per heavy atom. The van der Waals surface area contributed by atoms with Crippen LogP contribution in [0.3, 0.4) is 0 Å². The van der Waals surface area contributed by atoms with Crippen molar-refractivity contribution in [2.24, 2.45) is 0 Å². The Bertz CT molecular complexity index is 249. The molecule has 1 aromatic rings. The first-order valence-electron chi connectivity index (χ1n) is 4.19. The van der Waals surface area contributed by atoms with Crippen molar-refractivity contribution in [3.63, 3.8) is 0 Å². The van der Waals surface area contributed by atoms with E-state index in [4.69, 9.17) is 0 Å². The second-order valence-electron chi connectivity index (χ2n) is 3.12. The maximum atomic E-state index is 3.25. The molecule has 0 amide bonds. The van der Waals surface area contributed by atoms with Gasteiger partial charge in [-0.25, -0.2) is 0 Å². The number of hydrogen-bond donors (Lipinski definition) is 0. The van der Waals surface area contributed by atoms with E-state index in [2.05, 4.69) is 67.1 Å². The second kappa shape index (κ2) is 7.14. The third-order valence-electron chi connectivity index (χ3n) is 2.07. The Balaban J connectivity index is 0.000000424. The van der Waals surface area contributed by atoms with Crippen molar-refractivity contribution >= 4 is 27.2 Å². The van der Waals surface area contributed by atoms with Gasteiger partial charge in [-0.2, -0.15) is 0 Å². The summed E-state index contributed by atoms with van der Waals surface area (Å²) >= 11 is 6.25. The Morgan fingerprint density at radius 1 is 0.923 bits per heavy atom. The molecule has 0 aliphatic carbocycles. The van der Waals surface area contributed by atoms with E-state index in [1.165, 1.54) is 22.3 Å². The van der Waals surface area contributed by atoms with Crippen LogP contribution in [0.2, 0.25) is 0 Å². The molecule has 0 saturated heterocycles. The first-order valence-corrected chi connectivity index (χ1v) is 18.1. The van der Waals surface area contributed by atoms with E-state index in [0.717, 1.165) is 0 Å². The van der Waals surface area contributed by atoms with Crippen LogP contribution >= 0.6 is 27.2 Å². The molecule has 70 valence electrons. The van der Waals surface area contributed by atoms with Gasteiger partial charge in [-0.3, -0.25) is 0 Å². The van der Waals surface area contributed by atoms with Gasteiger partial charge in [0.1, 0.15) is 0 Å². The Kier molecular flexibility index (Phi) is 7.58. The van der Waals surface area contributed by atoms with Crippen molar-refractivity contribution in [2.45, 2.75) is 27.7 Å². The zero-order chi connectivity index (χ0) is 10.4. The minimum atomic E-state index is -0.250. The summed E-state index contributed by atoms with van der Waals surface area (Å²) in [5.41, 5.74) is 5.58. The SMILES string of the molecule is Cc1cc(C)c(C)c(C)c1.[Br][Zn][Br]. The quantitative estimate of drug-likeness (QED) is 0.594. The first kappa shape index (κ1) is 13.8. The third-order valence-corrected chi connectivity index (χ3v) is 2.07. The van der Waals surface area contributed by atoms with Gasteiger partial charge in [0.25, 0.3) is 0 Å². The van der Waals surface area contributed by atoms with Crippen LogP contribution in [-0.4, -0.2) is 0 Å². The zero-order valence-electron chi connectivity index (χ0n) is 8.62. The fourth-order valence-corrected chi connectivity index (χ4v) is 1.25. The predicted molar refractivity (Wildman–Crippen MR) is 63.2 cm³/mol. The monoisotopic (exact) mass is 356 g/mol. The summed E-state index contributed by atoms with van der Waals surface area (Å²) in [4.78, 5) is 0. The molecule has 0 bridgehead atoms. The molecule has 0 spiro atoms.